The lowest BCUT2D eigenvalue weighted by Gasteiger charge is -1.93. The number of nitrogens with two attached hydrogens (primary N) is 1. The fraction of sp³-hybridized carbons (Fsp3) is 0.600. The number of amides is 1. The summed E-state index contributed by atoms with van der Waals surface area (Å²) in [6.07, 6.45) is 0. The second-order valence-corrected chi connectivity index (χ2v) is 1.72. The Hall–Kier alpha value is -0.900. The van der Waals surface area contributed by atoms with Crippen LogP contribution in [0.5, 0.6) is 0 Å². The predicted octanol–water partition coefficient (Wildman–Crippen LogP) is -0.543. The molecule has 0 spiro atoms. The Morgan fingerprint density at radius 1 is 1.67 bits per heavy atom. The van der Waals surface area contributed by atoms with Gasteiger partial charge in [0, 0.05) is 19.2 Å². The molecule has 4 nitrogen and oxygen atoms in total. The predicted molar refractivity (Wildman–Crippen MR) is 36.0 cm³/mol. The minimum atomic E-state index is -0.178. The number of rotatable bonds is 2. The lowest BCUT2D eigenvalue weighted by molar-refractivity contribution is -0.118. The van der Waals surface area contributed by atoms with E-state index in [9.17, 15) is 4.79 Å². The molecule has 1 amide bonds. The van der Waals surface area contributed by atoms with Crippen molar-refractivity contribution in [1.29, 1.82) is 0 Å². The summed E-state index contributed by atoms with van der Waals surface area (Å²) in [4.78, 5) is 10.2. The summed E-state index contributed by atoms with van der Waals surface area (Å²) in [6, 6.07) is 0. The van der Waals surface area contributed by atoms with Crippen molar-refractivity contribution in [2.24, 2.45) is 10.8 Å². The Balaban J connectivity index is 3.56. The van der Waals surface area contributed by atoms with Gasteiger partial charge in [-0.1, -0.05) is 0 Å². The number of carbonyl (C=O) groups is 1. The van der Waals surface area contributed by atoms with Gasteiger partial charge in [0.2, 0.25) is 5.91 Å². The van der Waals surface area contributed by atoms with E-state index in [4.69, 9.17) is 5.73 Å². The van der Waals surface area contributed by atoms with E-state index >= 15 is 0 Å². The average molecular weight is 129 g/mol. The van der Waals surface area contributed by atoms with Crippen LogP contribution in [0.2, 0.25) is 0 Å². The van der Waals surface area contributed by atoms with E-state index in [0.29, 0.717) is 12.3 Å². The molecule has 0 atom stereocenters. The number of carbonyl (C=O) groups excluding carboxylic acids is 1. The minimum Gasteiger partial charge on any atom is -0.325 e. The van der Waals surface area contributed by atoms with Crippen LogP contribution in [-0.4, -0.2) is 18.2 Å². The molecule has 0 aliphatic carbocycles. The second-order valence-electron chi connectivity index (χ2n) is 1.72. The smallest absolute Gasteiger partial charge is 0.236 e. The van der Waals surface area contributed by atoms with Crippen molar-refractivity contribution in [3.63, 3.8) is 0 Å². The van der Waals surface area contributed by atoms with Crippen LogP contribution in [0.25, 0.3) is 0 Å². The van der Waals surface area contributed by atoms with Crippen LogP contribution in [0.15, 0.2) is 5.10 Å². The zero-order valence-electron chi connectivity index (χ0n) is 5.64. The first-order valence-electron chi connectivity index (χ1n) is 2.66. The first-order valence-corrected chi connectivity index (χ1v) is 2.66. The third-order valence-corrected chi connectivity index (χ3v) is 0.700. The maximum absolute atomic E-state index is 10.2. The van der Waals surface area contributed by atoms with Gasteiger partial charge in [-0.2, -0.15) is 5.10 Å². The van der Waals surface area contributed by atoms with E-state index in [-0.39, 0.29) is 5.91 Å². The van der Waals surface area contributed by atoms with E-state index in [2.05, 4.69) is 10.5 Å². The summed E-state index contributed by atoms with van der Waals surface area (Å²) in [5, 5.41) is 3.63. The molecular formula is C5H11N3O. The summed E-state index contributed by atoms with van der Waals surface area (Å²) in [6.45, 7) is 3.52. The third kappa shape index (κ3) is 4.96. The highest BCUT2D eigenvalue weighted by Crippen LogP contribution is 1.68. The molecule has 0 aromatic heterocycles. The van der Waals surface area contributed by atoms with Crippen molar-refractivity contribution in [1.82, 2.24) is 5.43 Å². The van der Waals surface area contributed by atoms with E-state index in [1.54, 1.807) is 6.92 Å². The summed E-state index contributed by atoms with van der Waals surface area (Å²) in [5.74, 6) is -0.178. The van der Waals surface area contributed by atoms with Crippen molar-refractivity contribution >= 4 is 11.6 Å². The first-order chi connectivity index (χ1) is 4.16. The Bertz CT molecular complexity index is 130. The van der Waals surface area contributed by atoms with Gasteiger partial charge in [0.05, 0.1) is 0 Å². The van der Waals surface area contributed by atoms with Crippen LogP contribution >= 0.6 is 0 Å². The SMILES string of the molecule is CC(=O)N/N=C(\C)CN. The Morgan fingerprint density at radius 3 is 2.56 bits per heavy atom. The zero-order valence-corrected chi connectivity index (χ0v) is 5.64. The zero-order chi connectivity index (χ0) is 7.28. The van der Waals surface area contributed by atoms with Gasteiger partial charge in [0.25, 0.3) is 0 Å². The van der Waals surface area contributed by atoms with Crippen LogP contribution in [0.1, 0.15) is 13.8 Å². The maximum Gasteiger partial charge on any atom is 0.236 e. The van der Waals surface area contributed by atoms with E-state index < -0.39 is 0 Å². The molecule has 0 aliphatic heterocycles. The average Bonchev–Trinajstić information content (AvgIpc) is 1.83. The number of hydrogen-bond acceptors (Lipinski definition) is 3. The Kier molecular flexibility index (Phi) is 3.62. The largest absolute Gasteiger partial charge is 0.325 e. The van der Waals surface area contributed by atoms with E-state index in [1.807, 2.05) is 0 Å². The highest BCUT2D eigenvalue weighted by molar-refractivity contribution is 5.85. The van der Waals surface area contributed by atoms with Crippen LogP contribution in [0, 0.1) is 0 Å². The molecule has 0 radical (unpaired) electrons. The Labute approximate surface area is 54.1 Å². The van der Waals surface area contributed by atoms with Gasteiger partial charge in [-0.15, -0.1) is 0 Å². The molecule has 0 saturated heterocycles. The molecule has 0 aliphatic rings. The van der Waals surface area contributed by atoms with Crippen LogP contribution in [0.3, 0.4) is 0 Å². The van der Waals surface area contributed by atoms with Crippen molar-refractivity contribution in [3.05, 3.63) is 0 Å². The molecular weight excluding hydrogens is 118 g/mol. The minimum absolute atomic E-state index is 0.178. The molecule has 0 unspecified atom stereocenters. The van der Waals surface area contributed by atoms with Gasteiger partial charge in [-0.05, 0) is 6.92 Å². The quantitative estimate of drug-likeness (QED) is 0.388. The first kappa shape index (κ1) is 8.10. The van der Waals surface area contributed by atoms with Crippen molar-refractivity contribution in [3.8, 4) is 0 Å². The highest BCUT2D eigenvalue weighted by atomic mass is 16.2. The summed E-state index contributed by atoms with van der Waals surface area (Å²) >= 11 is 0. The Morgan fingerprint density at radius 2 is 2.22 bits per heavy atom. The lowest BCUT2D eigenvalue weighted by atomic mass is 10.4. The highest BCUT2D eigenvalue weighted by Gasteiger charge is 1.86. The molecule has 52 valence electrons. The van der Waals surface area contributed by atoms with Crippen molar-refractivity contribution < 1.29 is 4.79 Å². The van der Waals surface area contributed by atoms with Crippen molar-refractivity contribution in [2.45, 2.75) is 13.8 Å². The number of nitrogens with one attached hydrogen (secondary N) is 1. The second kappa shape index (κ2) is 4.03. The molecule has 4 heteroatoms. The van der Waals surface area contributed by atoms with E-state index in [1.165, 1.54) is 6.92 Å². The molecule has 0 saturated carbocycles. The maximum atomic E-state index is 10.2. The molecule has 0 fully saturated rings. The normalized spacial score (nSPS) is 11.2. The fourth-order valence-electron chi connectivity index (χ4n) is 0.220. The van der Waals surface area contributed by atoms with Crippen LogP contribution < -0.4 is 11.2 Å². The molecule has 0 bridgehead atoms. The van der Waals surface area contributed by atoms with Gasteiger partial charge in [-0.25, -0.2) is 5.43 Å². The summed E-state index contributed by atoms with van der Waals surface area (Å²) in [5.41, 5.74) is 8.15. The molecule has 0 aromatic rings. The number of nitrogens with zero attached hydrogens (tertiary/aromatic N) is 1. The third-order valence-electron chi connectivity index (χ3n) is 0.700. The standard InChI is InChI=1S/C5H11N3O/c1-4(3-6)7-8-5(2)9/h3,6H2,1-2H3,(H,8,9)/b7-4+. The molecule has 0 rings (SSSR count). The van der Waals surface area contributed by atoms with Gasteiger partial charge in [-0.3, -0.25) is 4.79 Å². The molecule has 3 N–H and O–H groups in total. The van der Waals surface area contributed by atoms with Gasteiger partial charge in [0.1, 0.15) is 0 Å². The van der Waals surface area contributed by atoms with Gasteiger partial charge < -0.3 is 5.73 Å². The fourth-order valence-corrected chi connectivity index (χ4v) is 0.220. The monoisotopic (exact) mass is 129 g/mol. The van der Waals surface area contributed by atoms with Crippen LogP contribution in [0.4, 0.5) is 0 Å². The number of hydrogen-bond donors (Lipinski definition) is 2. The molecule has 0 heterocycles. The van der Waals surface area contributed by atoms with E-state index in [0.717, 1.165) is 0 Å². The van der Waals surface area contributed by atoms with Crippen LogP contribution in [-0.2, 0) is 4.79 Å². The topological polar surface area (TPSA) is 67.5 Å². The lowest BCUT2D eigenvalue weighted by Crippen LogP contribution is -2.18. The van der Waals surface area contributed by atoms with Gasteiger partial charge >= 0.3 is 0 Å². The number of hydrazone groups is 1. The molecule has 9 heavy (non-hydrogen) atoms. The summed E-state index contributed by atoms with van der Waals surface area (Å²) < 4.78 is 0. The summed E-state index contributed by atoms with van der Waals surface area (Å²) in [7, 11) is 0. The van der Waals surface area contributed by atoms with Crippen molar-refractivity contribution in [2.75, 3.05) is 6.54 Å². The van der Waals surface area contributed by atoms with Gasteiger partial charge in [0.15, 0.2) is 0 Å². The molecule has 0 aromatic carbocycles.